The van der Waals surface area contributed by atoms with Gasteiger partial charge in [-0.3, -0.25) is 9.59 Å². The fourth-order valence-electron chi connectivity index (χ4n) is 3.74. The van der Waals surface area contributed by atoms with Gasteiger partial charge in [-0.1, -0.05) is 48.0 Å². The standard InChI is InChI=1S/C27H27N3O4/c1-18-9-11-21(12-10-18)30-26(31)17-34-22-6-4-5-19(13-22)15-28-25(27(32)33)14-20-16-29-24-8-3-2-7-23(20)24/h2-13,16,25,28-29H,14-15,17H2,1H3,(H,30,31)(H,32,33)/t25-/m0/s1. The highest BCUT2D eigenvalue weighted by atomic mass is 16.5. The quantitative estimate of drug-likeness (QED) is 0.285. The molecular formula is C27H27N3O4. The van der Waals surface area contributed by atoms with Gasteiger partial charge in [0, 0.05) is 35.8 Å². The van der Waals surface area contributed by atoms with Crippen molar-refractivity contribution in [1.82, 2.24) is 10.3 Å². The first-order valence-electron chi connectivity index (χ1n) is 11.1. The molecule has 0 aliphatic rings. The Morgan fingerprint density at radius 2 is 1.82 bits per heavy atom. The first kappa shape index (κ1) is 23.1. The second-order valence-corrected chi connectivity index (χ2v) is 8.19. The van der Waals surface area contributed by atoms with Crippen LogP contribution in [0.2, 0.25) is 0 Å². The largest absolute Gasteiger partial charge is 0.484 e. The highest BCUT2D eigenvalue weighted by Gasteiger charge is 2.19. The van der Waals surface area contributed by atoms with Gasteiger partial charge in [-0.25, -0.2) is 0 Å². The maximum Gasteiger partial charge on any atom is 0.321 e. The van der Waals surface area contributed by atoms with E-state index in [4.69, 9.17) is 4.74 Å². The van der Waals surface area contributed by atoms with Gasteiger partial charge in [-0.15, -0.1) is 0 Å². The van der Waals surface area contributed by atoms with Crippen LogP contribution in [-0.2, 0) is 22.6 Å². The molecule has 0 spiro atoms. The average Bonchev–Trinajstić information content (AvgIpc) is 3.25. The lowest BCUT2D eigenvalue weighted by molar-refractivity contribution is -0.139. The van der Waals surface area contributed by atoms with Gasteiger partial charge in [0.15, 0.2) is 6.61 Å². The van der Waals surface area contributed by atoms with Crippen LogP contribution in [0.5, 0.6) is 5.75 Å². The maximum absolute atomic E-state index is 12.2. The Morgan fingerprint density at radius 3 is 2.62 bits per heavy atom. The second-order valence-electron chi connectivity index (χ2n) is 8.19. The monoisotopic (exact) mass is 457 g/mol. The summed E-state index contributed by atoms with van der Waals surface area (Å²) >= 11 is 0. The molecule has 3 aromatic carbocycles. The zero-order chi connectivity index (χ0) is 23.9. The summed E-state index contributed by atoms with van der Waals surface area (Å²) in [6.45, 7) is 2.21. The Labute approximate surface area is 197 Å². The number of carboxylic acids is 1. The van der Waals surface area contributed by atoms with E-state index in [1.807, 2.05) is 73.8 Å². The number of fused-ring (bicyclic) bond motifs is 1. The number of amides is 1. The molecule has 4 aromatic rings. The van der Waals surface area contributed by atoms with Crippen molar-refractivity contribution in [3.8, 4) is 5.75 Å². The number of rotatable bonds is 10. The van der Waals surface area contributed by atoms with Crippen LogP contribution in [0.3, 0.4) is 0 Å². The van der Waals surface area contributed by atoms with Gasteiger partial charge in [0.1, 0.15) is 11.8 Å². The fourth-order valence-corrected chi connectivity index (χ4v) is 3.74. The van der Waals surface area contributed by atoms with Crippen LogP contribution in [0.4, 0.5) is 5.69 Å². The number of aromatic nitrogens is 1. The van der Waals surface area contributed by atoms with Crippen LogP contribution in [0, 0.1) is 6.92 Å². The summed E-state index contributed by atoms with van der Waals surface area (Å²) in [6, 6.07) is 21.9. The van der Waals surface area contributed by atoms with Crippen molar-refractivity contribution in [2.75, 3.05) is 11.9 Å². The molecule has 174 valence electrons. The minimum Gasteiger partial charge on any atom is -0.484 e. The summed E-state index contributed by atoms with van der Waals surface area (Å²) in [5.74, 6) is -0.621. The first-order chi connectivity index (χ1) is 16.5. The van der Waals surface area contributed by atoms with Crippen molar-refractivity contribution in [1.29, 1.82) is 0 Å². The first-order valence-corrected chi connectivity index (χ1v) is 11.1. The lowest BCUT2D eigenvalue weighted by Gasteiger charge is -2.15. The van der Waals surface area contributed by atoms with Crippen LogP contribution < -0.4 is 15.4 Å². The van der Waals surface area contributed by atoms with E-state index in [-0.39, 0.29) is 12.5 Å². The van der Waals surface area contributed by atoms with Gasteiger partial charge in [0.25, 0.3) is 5.91 Å². The van der Waals surface area contributed by atoms with Gasteiger partial charge in [-0.2, -0.15) is 0 Å². The SMILES string of the molecule is Cc1ccc(NC(=O)COc2cccc(CN[C@@H](Cc3c[nH]c4ccccc34)C(=O)O)c2)cc1. The molecule has 0 aliphatic heterocycles. The normalized spacial score (nSPS) is 11.8. The average molecular weight is 458 g/mol. The summed E-state index contributed by atoms with van der Waals surface area (Å²) < 4.78 is 5.63. The number of H-pyrrole nitrogens is 1. The smallest absolute Gasteiger partial charge is 0.321 e. The highest BCUT2D eigenvalue weighted by molar-refractivity contribution is 5.91. The molecule has 0 saturated heterocycles. The zero-order valence-electron chi connectivity index (χ0n) is 18.9. The van der Waals surface area contributed by atoms with E-state index in [1.165, 1.54) is 0 Å². The Balaban J connectivity index is 1.32. The summed E-state index contributed by atoms with van der Waals surface area (Å²) in [6.07, 6.45) is 2.22. The summed E-state index contributed by atoms with van der Waals surface area (Å²) in [4.78, 5) is 27.2. The maximum atomic E-state index is 12.2. The van der Waals surface area contributed by atoms with Crippen molar-refractivity contribution in [2.24, 2.45) is 0 Å². The van der Waals surface area contributed by atoms with E-state index in [2.05, 4.69) is 15.6 Å². The van der Waals surface area contributed by atoms with Crippen molar-refractivity contribution in [3.63, 3.8) is 0 Å². The molecule has 7 nitrogen and oxygen atoms in total. The summed E-state index contributed by atoms with van der Waals surface area (Å²) in [7, 11) is 0. The Bertz CT molecular complexity index is 1280. The number of ether oxygens (including phenoxy) is 1. The number of aryl methyl sites for hydroxylation is 1. The van der Waals surface area contributed by atoms with Crippen LogP contribution in [-0.4, -0.2) is 34.6 Å². The number of para-hydroxylation sites is 1. The molecule has 7 heteroatoms. The molecule has 34 heavy (non-hydrogen) atoms. The Hall–Kier alpha value is -4.10. The number of aliphatic carboxylic acids is 1. The molecule has 4 N–H and O–H groups in total. The summed E-state index contributed by atoms with van der Waals surface area (Å²) in [5.41, 5.74) is 4.63. The van der Waals surface area contributed by atoms with Gasteiger partial charge in [0.2, 0.25) is 0 Å². The molecule has 4 rings (SSSR count). The lowest BCUT2D eigenvalue weighted by Crippen LogP contribution is -2.38. The molecule has 0 bridgehead atoms. The number of carbonyl (C=O) groups excluding carboxylic acids is 1. The van der Waals surface area contributed by atoms with E-state index in [0.717, 1.165) is 27.6 Å². The van der Waals surface area contributed by atoms with Gasteiger partial charge in [0.05, 0.1) is 0 Å². The number of carboxylic acid groups (broad SMARTS) is 1. The predicted molar refractivity (Wildman–Crippen MR) is 132 cm³/mol. The molecular weight excluding hydrogens is 430 g/mol. The van der Waals surface area contributed by atoms with Crippen molar-refractivity contribution in [3.05, 3.63) is 95.7 Å². The van der Waals surface area contributed by atoms with E-state index in [9.17, 15) is 14.7 Å². The molecule has 1 atom stereocenters. The number of hydrogen-bond acceptors (Lipinski definition) is 4. The minimum absolute atomic E-state index is 0.122. The van der Waals surface area contributed by atoms with E-state index in [0.29, 0.717) is 24.4 Å². The number of nitrogens with one attached hydrogen (secondary N) is 3. The number of hydrogen-bond donors (Lipinski definition) is 4. The molecule has 0 aliphatic carbocycles. The molecule has 1 amide bonds. The van der Waals surface area contributed by atoms with Crippen LogP contribution in [0.1, 0.15) is 16.7 Å². The van der Waals surface area contributed by atoms with Crippen molar-refractivity contribution >= 4 is 28.5 Å². The third kappa shape index (κ3) is 6.02. The van der Waals surface area contributed by atoms with Crippen LogP contribution >= 0.6 is 0 Å². The Kier molecular flexibility index (Phi) is 7.25. The highest BCUT2D eigenvalue weighted by Crippen LogP contribution is 2.20. The van der Waals surface area contributed by atoms with Gasteiger partial charge >= 0.3 is 5.97 Å². The van der Waals surface area contributed by atoms with Crippen LogP contribution in [0.25, 0.3) is 10.9 Å². The number of aromatic amines is 1. The number of benzene rings is 3. The molecule has 0 radical (unpaired) electrons. The molecule has 0 unspecified atom stereocenters. The third-order valence-corrected chi connectivity index (χ3v) is 5.55. The number of carbonyl (C=O) groups is 2. The van der Waals surface area contributed by atoms with E-state index in [1.54, 1.807) is 12.1 Å². The minimum atomic E-state index is -0.912. The third-order valence-electron chi connectivity index (χ3n) is 5.55. The Morgan fingerprint density at radius 1 is 1.03 bits per heavy atom. The summed E-state index contributed by atoms with van der Waals surface area (Å²) in [5, 5.41) is 16.7. The van der Waals surface area contributed by atoms with Gasteiger partial charge in [-0.05, 0) is 48.4 Å². The fraction of sp³-hybridized carbons (Fsp3) is 0.185. The van der Waals surface area contributed by atoms with Crippen LogP contribution in [0.15, 0.2) is 79.0 Å². The number of anilines is 1. The van der Waals surface area contributed by atoms with Crippen molar-refractivity contribution in [2.45, 2.75) is 25.9 Å². The zero-order valence-corrected chi connectivity index (χ0v) is 18.9. The predicted octanol–water partition coefficient (Wildman–Crippen LogP) is 4.28. The lowest BCUT2D eigenvalue weighted by atomic mass is 10.0. The van der Waals surface area contributed by atoms with Gasteiger partial charge < -0.3 is 25.5 Å². The molecule has 1 heterocycles. The molecule has 1 aromatic heterocycles. The van der Waals surface area contributed by atoms with E-state index < -0.39 is 12.0 Å². The molecule has 0 saturated carbocycles. The van der Waals surface area contributed by atoms with Crippen molar-refractivity contribution < 1.29 is 19.4 Å². The van der Waals surface area contributed by atoms with E-state index >= 15 is 0 Å². The topological polar surface area (TPSA) is 103 Å². The second kappa shape index (κ2) is 10.7. The molecule has 0 fully saturated rings.